The van der Waals surface area contributed by atoms with Crippen molar-refractivity contribution in [3.63, 3.8) is 0 Å². The highest BCUT2D eigenvalue weighted by Gasteiger charge is 2.80. The molecule has 0 fully saturated rings. The predicted molar refractivity (Wildman–Crippen MR) is 111 cm³/mol. The van der Waals surface area contributed by atoms with Gasteiger partial charge in [-0.1, -0.05) is 12.1 Å². The second-order valence-corrected chi connectivity index (χ2v) is 9.02. The van der Waals surface area contributed by atoms with Gasteiger partial charge in [-0.2, -0.15) is 31.6 Å². The van der Waals surface area contributed by atoms with E-state index in [9.17, 15) is 18.4 Å². The van der Waals surface area contributed by atoms with E-state index < -0.39 is 45.9 Å². The highest BCUT2D eigenvalue weighted by atomic mass is 32.1. The Morgan fingerprint density at radius 1 is 0.909 bits per heavy atom. The predicted octanol–water partition coefficient (Wildman–Crippen LogP) is 7.21. The highest BCUT2D eigenvalue weighted by molar-refractivity contribution is 7.15. The van der Waals surface area contributed by atoms with Gasteiger partial charge in [0.2, 0.25) is 0 Å². The van der Waals surface area contributed by atoms with Crippen LogP contribution in [0.3, 0.4) is 0 Å². The molecule has 10 heteroatoms. The van der Waals surface area contributed by atoms with E-state index >= 15 is 17.6 Å². The molecular formula is C23H15F7N2S. The summed E-state index contributed by atoms with van der Waals surface area (Å²) in [6, 6.07) is 8.90. The number of rotatable bonds is 3. The third-order valence-electron chi connectivity index (χ3n) is 5.88. The fraction of sp³-hybridized carbons (Fsp3) is 0.261. The second-order valence-electron chi connectivity index (χ2n) is 7.76. The molecule has 33 heavy (non-hydrogen) atoms. The zero-order valence-corrected chi connectivity index (χ0v) is 18.2. The summed E-state index contributed by atoms with van der Waals surface area (Å²) in [7, 11) is 1.35. The number of allylic oxidation sites excluding steroid dienone is 2. The van der Waals surface area contributed by atoms with Gasteiger partial charge in [0.1, 0.15) is 17.6 Å². The van der Waals surface area contributed by atoms with Gasteiger partial charge < -0.3 is 4.57 Å². The van der Waals surface area contributed by atoms with E-state index in [0.717, 1.165) is 29.5 Å². The molecule has 0 saturated carbocycles. The molecule has 0 radical (unpaired) electrons. The molecule has 0 unspecified atom stereocenters. The van der Waals surface area contributed by atoms with Crippen molar-refractivity contribution < 1.29 is 30.7 Å². The number of thiophene rings is 1. The van der Waals surface area contributed by atoms with Crippen LogP contribution in [0, 0.1) is 31.0 Å². The smallest absolute Gasteiger partial charge is 0.339 e. The Balaban J connectivity index is 2.07. The zero-order chi connectivity index (χ0) is 24.5. The average molecular weight is 484 g/mol. The van der Waals surface area contributed by atoms with Gasteiger partial charge in [-0.05, 0) is 49.2 Å². The van der Waals surface area contributed by atoms with Crippen LogP contribution in [-0.4, -0.2) is 22.3 Å². The minimum atomic E-state index is -5.70. The van der Waals surface area contributed by atoms with Crippen LogP contribution in [0.5, 0.6) is 0 Å². The van der Waals surface area contributed by atoms with E-state index in [1.54, 1.807) is 6.07 Å². The largest absolute Gasteiger partial charge is 0.380 e. The van der Waals surface area contributed by atoms with E-state index in [0.29, 0.717) is 5.56 Å². The monoisotopic (exact) mass is 484 g/mol. The van der Waals surface area contributed by atoms with Crippen LogP contribution in [0.2, 0.25) is 0 Å². The Morgan fingerprint density at radius 3 is 2.06 bits per heavy atom. The third-order valence-corrected chi connectivity index (χ3v) is 6.98. The second kappa shape index (κ2) is 7.22. The zero-order valence-electron chi connectivity index (χ0n) is 17.4. The lowest BCUT2D eigenvalue weighted by atomic mass is 9.94. The van der Waals surface area contributed by atoms with Gasteiger partial charge in [0, 0.05) is 39.2 Å². The SMILES string of the molecule is Cc1sc(-c2cccc(F)c2)cc1C1=C(c2cc(C#N)n(C)c2C)C(F)(F)C(F)(F)C1(F)F. The number of halogens is 7. The molecule has 2 heterocycles. The lowest BCUT2D eigenvalue weighted by Crippen LogP contribution is -2.48. The molecule has 0 saturated heterocycles. The molecular weight excluding hydrogens is 469 g/mol. The molecule has 2 aromatic heterocycles. The van der Waals surface area contributed by atoms with E-state index in [2.05, 4.69) is 0 Å². The lowest BCUT2D eigenvalue weighted by molar-refractivity contribution is -0.254. The van der Waals surface area contributed by atoms with Crippen LogP contribution in [0.25, 0.3) is 21.6 Å². The molecule has 3 aromatic rings. The van der Waals surface area contributed by atoms with Crippen molar-refractivity contribution in [2.24, 2.45) is 7.05 Å². The fourth-order valence-corrected chi connectivity index (χ4v) is 5.03. The van der Waals surface area contributed by atoms with Crippen molar-refractivity contribution in [2.45, 2.75) is 31.6 Å². The van der Waals surface area contributed by atoms with Gasteiger partial charge in [0.05, 0.1) is 0 Å². The summed E-state index contributed by atoms with van der Waals surface area (Å²) >= 11 is 0.897. The summed E-state index contributed by atoms with van der Waals surface area (Å²) in [5, 5.41) is 9.21. The number of aryl methyl sites for hydroxylation is 1. The summed E-state index contributed by atoms with van der Waals surface area (Å²) in [6.45, 7) is 2.63. The van der Waals surface area contributed by atoms with Crippen molar-refractivity contribution in [1.29, 1.82) is 5.26 Å². The van der Waals surface area contributed by atoms with Crippen molar-refractivity contribution in [3.8, 4) is 16.5 Å². The van der Waals surface area contributed by atoms with Crippen LogP contribution in [0.1, 0.15) is 27.4 Å². The average Bonchev–Trinajstić information content (AvgIpc) is 3.28. The molecule has 0 N–H and O–H groups in total. The summed E-state index contributed by atoms with van der Waals surface area (Å²) in [4.78, 5) is 0.342. The molecule has 0 atom stereocenters. The molecule has 1 aromatic carbocycles. The van der Waals surface area contributed by atoms with Crippen LogP contribution in [0.4, 0.5) is 30.7 Å². The minimum absolute atomic E-state index is 0.0366. The molecule has 0 spiro atoms. The Bertz CT molecular complexity index is 1360. The normalized spacial score (nSPS) is 18.6. The first-order chi connectivity index (χ1) is 15.3. The quantitative estimate of drug-likeness (QED) is 0.361. The van der Waals surface area contributed by atoms with Gasteiger partial charge in [0.15, 0.2) is 0 Å². The van der Waals surface area contributed by atoms with Gasteiger partial charge in [-0.15, -0.1) is 11.3 Å². The Kier molecular flexibility index (Phi) is 5.06. The van der Waals surface area contributed by atoms with E-state index in [1.165, 1.54) is 43.7 Å². The van der Waals surface area contributed by atoms with Gasteiger partial charge in [-0.3, -0.25) is 0 Å². The number of hydrogen-bond acceptors (Lipinski definition) is 2. The highest BCUT2D eigenvalue weighted by Crippen LogP contribution is 2.65. The first-order valence-electron chi connectivity index (χ1n) is 9.58. The first-order valence-corrected chi connectivity index (χ1v) is 10.4. The van der Waals surface area contributed by atoms with Crippen molar-refractivity contribution in [1.82, 2.24) is 4.57 Å². The summed E-state index contributed by atoms with van der Waals surface area (Å²) in [5.74, 6) is -16.7. The number of nitrogens with zero attached hydrogens (tertiary/aromatic N) is 2. The summed E-state index contributed by atoms with van der Waals surface area (Å²) in [5.41, 5.74) is -3.93. The van der Waals surface area contributed by atoms with E-state index in [1.807, 2.05) is 0 Å². The van der Waals surface area contributed by atoms with Crippen LogP contribution >= 0.6 is 11.3 Å². The molecule has 1 aliphatic carbocycles. The maximum atomic E-state index is 15.1. The fourth-order valence-electron chi connectivity index (χ4n) is 4.01. The van der Waals surface area contributed by atoms with Crippen molar-refractivity contribution in [2.75, 3.05) is 0 Å². The third kappa shape index (κ3) is 3.05. The molecule has 0 aliphatic heterocycles. The molecule has 4 rings (SSSR count). The molecule has 1 aliphatic rings. The van der Waals surface area contributed by atoms with Crippen molar-refractivity contribution >= 4 is 22.5 Å². The van der Waals surface area contributed by atoms with Gasteiger partial charge >= 0.3 is 17.8 Å². The summed E-state index contributed by atoms with van der Waals surface area (Å²) in [6.07, 6.45) is 0. The Labute approximate surface area is 188 Å². The lowest BCUT2D eigenvalue weighted by Gasteiger charge is -2.25. The number of benzene rings is 1. The Morgan fingerprint density at radius 2 is 1.52 bits per heavy atom. The summed E-state index contributed by atoms with van der Waals surface area (Å²) < 4.78 is 104. The topological polar surface area (TPSA) is 28.7 Å². The molecule has 172 valence electrons. The number of hydrogen-bond donors (Lipinski definition) is 0. The maximum absolute atomic E-state index is 15.1. The number of alkyl halides is 6. The maximum Gasteiger partial charge on any atom is 0.380 e. The number of aromatic nitrogens is 1. The van der Waals surface area contributed by atoms with Crippen LogP contribution in [-0.2, 0) is 7.05 Å². The van der Waals surface area contributed by atoms with Gasteiger partial charge in [-0.25, -0.2) is 4.39 Å². The number of nitriles is 1. The standard InChI is InChI=1S/C23H15F7N2S/c1-11-16(8-15(10-31)32(11)3)19-20(22(27,28)23(29,30)21(19,25)26)17-9-18(33-12(17)2)13-5-4-6-14(24)7-13/h4-9H,1-3H3. The van der Waals surface area contributed by atoms with E-state index in [-0.39, 0.29) is 21.1 Å². The Hall–Kier alpha value is -3.06. The molecule has 2 nitrogen and oxygen atoms in total. The molecule has 0 bridgehead atoms. The van der Waals surface area contributed by atoms with Crippen molar-refractivity contribution in [3.05, 3.63) is 69.6 Å². The van der Waals surface area contributed by atoms with E-state index in [4.69, 9.17) is 0 Å². The molecule has 0 amide bonds. The first kappa shape index (κ1) is 23.1. The van der Waals surface area contributed by atoms with Crippen LogP contribution in [0.15, 0.2) is 36.4 Å². The van der Waals surface area contributed by atoms with Crippen LogP contribution < -0.4 is 0 Å². The minimum Gasteiger partial charge on any atom is -0.339 e. The van der Waals surface area contributed by atoms with Gasteiger partial charge in [0.25, 0.3) is 0 Å².